The lowest BCUT2D eigenvalue weighted by atomic mass is 9.95. The molecule has 0 aromatic heterocycles. The summed E-state index contributed by atoms with van der Waals surface area (Å²) in [4.78, 5) is 2.50. The van der Waals surface area contributed by atoms with E-state index in [4.69, 9.17) is 18.9 Å². The SMILES string of the molecule is COc1cc(CN2CC[C@H](OC)[C@H]3OCC[C@@H]32)cc(OC)c1. The molecule has 2 aliphatic rings. The normalized spacial score (nSPS) is 28.4. The van der Waals surface area contributed by atoms with Crippen molar-refractivity contribution in [3.8, 4) is 11.5 Å². The number of hydrogen-bond acceptors (Lipinski definition) is 5. The molecule has 2 heterocycles. The second kappa shape index (κ2) is 6.86. The highest BCUT2D eigenvalue weighted by Crippen LogP contribution is 2.32. The van der Waals surface area contributed by atoms with Crippen LogP contribution in [-0.4, -0.2) is 57.6 Å². The van der Waals surface area contributed by atoms with Crippen molar-refractivity contribution in [3.63, 3.8) is 0 Å². The first kappa shape index (κ1) is 15.6. The summed E-state index contributed by atoms with van der Waals surface area (Å²) in [5.41, 5.74) is 1.21. The minimum atomic E-state index is 0.200. The van der Waals surface area contributed by atoms with Crippen LogP contribution in [0.5, 0.6) is 11.5 Å². The van der Waals surface area contributed by atoms with E-state index in [2.05, 4.69) is 17.0 Å². The second-order valence-electron chi connectivity index (χ2n) is 5.95. The van der Waals surface area contributed by atoms with Crippen molar-refractivity contribution in [2.75, 3.05) is 34.5 Å². The Hall–Kier alpha value is -1.30. The van der Waals surface area contributed by atoms with Crippen LogP contribution in [-0.2, 0) is 16.0 Å². The zero-order valence-corrected chi connectivity index (χ0v) is 13.6. The number of likely N-dealkylation sites (tertiary alicyclic amines) is 1. The maximum Gasteiger partial charge on any atom is 0.122 e. The Morgan fingerprint density at radius 3 is 2.45 bits per heavy atom. The average Bonchev–Trinajstić information content (AvgIpc) is 3.05. The van der Waals surface area contributed by atoms with Crippen molar-refractivity contribution < 1.29 is 18.9 Å². The third kappa shape index (κ3) is 3.07. The lowest BCUT2D eigenvalue weighted by Gasteiger charge is -2.40. The van der Waals surface area contributed by atoms with Gasteiger partial charge in [-0.1, -0.05) is 0 Å². The molecule has 0 radical (unpaired) electrons. The van der Waals surface area contributed by atoms with Crippen LogP contribution in [0.1, 0.15) is 18.4 Å². The summed E-state index contributed by atoms with van der Waals surface area (Å²) in [6.45, 7) is 2.74. The lowest BCUT2D eigenvalue weighted by Crippen LogP contribution is -2.52. The molecule has 5 heteroatoms. The maximum absolute atomic E-state index is 5.90. The topological polar surface area (TPSA) is 40.2 Å². The van der Waals surface area contributed by atoms with Crippen molar-refractivity contribution in [2.45, 2.75) is 37.6 Å². The largest absolute Gasteiger partial charge is 0.497 e. The van der Waals surface area contributed by atoms with E-state index < -0.39 is 0 Å². The van der Waals surface area contributed by atoms with Gasteiger partial charge in [0.05, 0.1) is 26.4 Å². The summed E-state index contributed by atoms with van der Waals surface area (Å²) in [6.07, 6.45) is 2.51. The summed E-state index contributed by atoms with van der Waals surface area (Å²) < 4.78 is 22.2. The van der Waals surface area contributed by atoms with Crippen molar-refractivity contribution in [1.82, 2.24) is 4.90 Å². The molecule has 0 aliphatic carbocycles. The van der Waals surface area contributed by atoms with E-state index in [-0.39, 0.29) is 12.2 Å². The monoisotopic (exact) mass is 307 g/mol. The van der Waals surface area contributed by atoms with Crippen LogP contribution in [0.25, 0.3) is 0 Å². The van der Waals surface area contributed by atoms with Gasteiger partial charge in [-0.2, -0.15) is 0 Å². The number of methoxy groups -OCH3 is 3. The number of piperidine rings is 1. The summed E-state index contributed by atoms with van der Waals surface area (Å²) in [7, 11) is 5.15. The van der Waals surface area contributed by atoms with E-state index in [0.717, 1.165) is 44.0 Å². The molecule has 0 bridgehead atoms. The first-order valence-electron chi connectivity index (χ1n) is 7.85. The van der Waals surface area contributed by atoms with Crippen molar-refractivity contribution in [2.24, 2.45) is 0 Å². The Bertz CT molecular complexity index is 485. The van der Waals surface area contributed by atoms with E-state index in [1.54, 1.807) is 21.3 Å². The predicted octanol–water partition coefficient (Wildman–Crippen LogP) is 2.08. The molecule has 1 aromatic carbocycles. The highest BCUT2D eigenvalue weighted by molar-refractivity contribution is 5.38. The Kier molecular flexibility index (Phi) is 4.86. The van der Waals surface area contributed by atoms with Gasteiger partial charge in [-0.15, -0.1) is 0 Å². The zero-order chi connectivity index (χ0) is 15.5. The highest BCUT2D eigenvalue weighted by atomic mass is 16.5. The van der Waals surface area contributed by atoms with Gasteiger partial charge in [0.15, 0.2) is 0 Å². The Morgan fingerprint density at radius 2 is 1.82 bits per heavy atom. The minimum Gasteiger partial charge on any atom is -0.497 e. The van der Waals surface area contributed by atoms with Crippen LogP contribution in [0.3, 0.4) is 0 Å². The molecule has 0 amide bonds. The third-order valence-corrected chi connectivity index (χ3v) is 4.74. The molecule has 3 atom stereocenters. The Labute approximate surface area is 132 Å². The van der Waals surface area contributed by atoms with Gasteiger partial charge in [0, 0.05) is 38.9 Å². The molecule has 5 nitrogen and oxygen atoms in total. The highest BCUT2D eigenvalue weighted by Gasteiger charge is 2.42. The molecule has 3 rings (SSSR count). The fourth-order valence-electron chi connectivity index (χ4n) is 3.61. The number of nitrogens with zero attached hydrogens (tertiary/aromatic N) is 1. The lowest BCUT2D eigenvalue weighted by molar-refractivity contribution is -0.0845. The van der Waals surface area contributed by atoms with Crippen LogP contribution in [0.15, 0.2) is 18.2 Å². The molecule has 22 heavy (non-hydrogen) atoms. The second-order valence-corrected chi connectivity index (χ2v) is 5.95. The first-order chi connectivity index (χ1) is 10.7. The predicted molar refractivity (Wildman–Crippen MR) is 83.5 cm³/mol. The molecule has 2 saturated heterocycles. The number of fused-ring (bicyclic) bond motifs is 1. The molecule has 0 N–H and O–H groups in total. The summed E-state index contributed by atoms with van der Waals surface area (Å²) in [5.74, 6) is 1.67. The fraction of sp³-hybridized carbons (Fsp3) is 0.647. The van der Waals surface area contributed by atoms with Crippen molar-refractivity contribution in [3.05, 3.63) is 23.8 Å². The third-order valence-electron chi connectivity index (χ3n) is 4.74. The average molecular weight is 307 g/mol. The molecular formula is C17H25NO4. The smallest absolute Gasteiger partial charge is 0.122 e. The number of ether oxygens (including phenoxy) is 4. The fourth-order valence-corrected chi connectivity index (χ4v) is 3.61. The molecule has 0 unspecified atom stereocenters. The van der Waals surface area contributed by atoms with E-state index >= 15 is 0 Å². The van der Waals surface area contributed by atoms with Gasteiger partial charge in [-0.25, -0.2) is 0 Å². The molecule has 2 aliphatic heterocycles. The van der Waals surface area contributed by atoms with Crippen LogP contribution >= 0.6 is 0 Å². The summed E-state index contributed by atoms with van der Waals surface area (Å²) >= 11 is 0. The van der Waals surface area contributed by atoms with Crippen molar-refractivity contribution >= 4 is 0 Å². The number of benzene rings is 1. The van der Waals surface area contributed by atoms with Gasteiger partial charge in [0.25, 0.3) is 0 Å². The minimum absolute atomic E-state index is 0.200. The van der Waals surface area contributed by atoms with Crippen LogP contribution < -0.4 is 9.47 Å². The van der Waals surface area contributed by atoms with E-state index in [1.807, 2.05) is 6.07 Å². The van der Waals surface area contributed by atoms with Gasteiger partial charge in [-0.3, -0.25) is 4.90 Å². The summed E-state index contributed by atoms with van der Waals surface area (Å²) in [6, 6.07) is 6.50. The van der Waals surface area contributed by atoms with Gasteiger partial charge in [-0.05, 0) is 30.5 Å². The van der Waals surface area contributed by atoms with Gasteiger partial charge < -0.3 is 18.9 Å². The number of rotatable bonds is 5. The van der Waals surface area contributed by atoms with Gasteiger partial charge in [0.1, 0.15) is 11.5 Å². The van der Waals surface area contributed by atoms with E-state index in [1.165, 1.54) is 5.56 Å². The zero-order valence-electron chi connectivity index (χ0n) is 13.6. The van der Waals surface area contributed by atoms with Crippen LogP contribution in [0.4, 0.5) is 0 Å². The standard InChI is InChI=1S/C17H25NO4/c1-19-13-8-12(9-14(10-13)20-2)11-18-6-4-16(21-3)17-15(18)5-7-22-17/h8-10,15-17H,4-7,11H2,1-3H3/t15-,16-,17-/m0/s1. The molecule has 1 aromatic rings. The van der Waals surface area contributed by atoms with Crippen LogP contribution in [0.2, 0.25) is 0 Å². The molecule has 2 fully saturated rings. The molecule has 0 spiro atoms. The molecular weight excluding hydrogens is 282 g/mol. The number of hydrogen-bond donors (Lipinski definition) is 0. The van der Waals surface area contributed by atoms with E-state index in [0.29, 0.717) is 6.04 Å². The molecule has 122 valence electrons. The van der Waals surface area contributed by atoms with Crippen LogP contribution in [0, 0.1) is 0 Å². The Balaban J connectivity index is 1.75. The van der Waals surface area contributed by atoms with E-state index in [9.17, 15) is 0 Å². The maximum atomic E-state index is 5.90. The summed E-state index contributed by atoms with van der Waals surface area (Å²) in [5, 5.41) is 0. The quantitative estimate of drug-likeness (QED) is 0.833. The van der Waals surface area contributed by atoms with Crippen molar-refractivity contribution in [1.29, 1.82) is 0 Å². The van der Waals surface area contributed by atoms with Gasteiger partial charge >= 0.3 is 0 Å². The Morgan fingerprint density at radius 1 is 1.09 bits per heavy atom. The van der Waals surface area contributed by atoms with Gasteiger partial charge in [0.2, 0.25) is 0 Å². The molecule has 0 saturated carbocycles. The first-order valence-corrected chi connectivity index (χ1v) is 7.85.